The average Bonchev–Trinajstić information content (AvgIpc) is 3.04. The van der Waals surface area contributed by atoms with Crippen LogP contribution in [0.5, 0.6) is 5.75 Å². The van der Waals surface area contributed by atoms with Gasteiger partial charge in [-0.3, -0.25) is 10.1 Å². The zero-order chi connectivity index (χ0) is 20.5. The zero-order valence-electron chi connectivity index (χ0n) is 15.6. The van der Waals surface area contributed by atoms with E-state index in [0.717, 1.165) is 34.3 Å². The van der Waals surface area contributed by atoms with Gasteiger partial charge in [-0.2, -0.15) is 4.39 Å². The molecule has 0 bridgehead atoms. The van der Waals surface area contributed by atoms with E-state index in [1.165, 1.54) is 7.11 Å². The third-order valence-corrected chi connectivity index (χ3v) is 4.52. The number of H-pyrrole nitrogens is 1. The van der Waals surface area contributed by atoms with Crippen LogP contribution in [0.1, 0.15) is 5.69 Å². The minimum absolute atomic E-state index is 0.102. The zero-order valence-corrected chi connectivity index (χ0v) is 15.6. The predicted molar refractivity (Wildman–Crippen MR) is 107 cm³/mol. The molecule has 146 valence electrons. The topological polar surface area (TPSA) is 106 Å². The number of aromatic amines is 1. The largest absolute Gasteiger partial charge is 0.494 e. The van der Waals surface area contributed by atoms with E-state index in [1.54, 1.807) is 12.3 Å². The van der Waals surface area contributed by atoms with Gasteiger partial charge in [0, 0.05) is 40.5 Å². The number of hydrogen-bond acceptors (Lipinski definition) is 6. The summed E-state index contributed by atoms with van der Waals surface area (Å²) >= 11 is 0. The Morgan fingerprint density at radius 1 is 1.24 bits per heavy atom. The summed E-state index contributed by atoms with van der Waals surface area (Å²) < 4.78 is 19.0. The van der Waals surface area contributed by atoms with E-state index in [9.17, 15) is 14.5 Å². The first-order chi connectivity index (χ1) is 14.0. The Hall–Kier alpha value is -4.01. The summed E-state index contributed by atoms with van der Waals surface area (Å²) in [5.41, 5.74) is 3.07. The SMILES string of the molecule is COc1cc(F)c([N+](=O)[O-])cc1Nc1nccc(-c2c(C)[nH]c3ccccc23)n1. The Morgan fingerprint density at radius 2 is 2.03 bits per heavy atom. The fourth-order valence-electron chi connectivity index (χ4n) is 3.24. The molecular weight excluding hydrogens is 377 g/mol. The third-order valence-electron chi connectivity index (χ3n) is 4.52. The number of nitrogens with one attached hydrogen (secondary N) is 2. The highest BCUT2D eigenvalue weighted by atomic mass is 19.1. The maximum absolute atomic E-state index is 13.9. The van der Waals surface area contributed by atoms with Crippen molar-refractivity contribution in [2.45, 2.75) is 6.92 Å². The molecule has 0 atom stereocenters. The van der Waals surface area contributed by atoms with E-state index in [4.69, 9.17) is 4.74 Å². The lowest BCUT2D eigenvalue weighted by Crippen LogP contribution is -2.02. The van der Waals surface area contributed by atoms with Crippen LogP contribution in [0, 0.1) is 22.9 Å². The van der Waals surface area contributed by atoms with Crippen LogP contribution in [0.3, 0.4) is 0 Å². The lowest BCUT2D eigenvalue weighted by atomic mass is 10.1. The molecule has 0 aliphatic heterocycles. The molecule has 0 saturated heterocycles. The molecule has 29 heavy (non-hydrogen) atoms. The fourth-order valence-corrected chi connectivity index (χ4v) is 3.24. The molecule has 0 aliphatic rings. The molecule has 0 amide bonds. The molecule has 0 saturated carbocycles. The van der Waals surface area contributed by atoms with Crippen LogP contribution in [-0.2, 0) is 0 Å². The molecule has 2 aromatic heterocycles. The van der Waals surface area contributed by atoms with Crippen LogP contribution >= 0.6 is 0 Å². The average molecular weight is 393 g/mol. The molecule has 4 rings (SSSR count). The summed E-state index contributed by atoms with van der Waals surface area (Å²) in [7, 11) is 1.35. The van der Waals surface area contributed by atoms with Crippen LogP contribution in [-0.4, -0.2) is 27.0 Å². The predicted octanol–water partition coefficient (Wildman–Crippen LogP) is 4.73. The number of para-hydroxylation sites is 1. The fraction of sp³-hybridized carbons (Fsp3) is 0.100. The van der Waals surface area contributed by atoms with E-state index >= 15 is 0 Å². The summed E-state index contributed by atoms with van der Waals surface area (Å²) in [5, 5.41) is 15.0. The van der Waals surface area contributed by atoms with Crippen LogP contribution in [0.4, 0.5) is 21.7 Å². The number of hydrogen-bond donors (Lipinski definition) is 2. The first-order valence-electron chi connectivity index (χ1n) is 8.67. The second-order valence-electron chi connectivity index (χ2n) is 6.32. The maximum atomic E-state index is 13.9. The van der Waals surface area contributed by atoms with Crippen molar-refractivity contribution in [3.05, 3.63) is 70.3 Å². The number of nitro groups is 1. The van der Waals surface area contributed by atoms with Gasteiger partial charge in [-0.15, -0.1) is 0 Å². The van der Waals surface area contributed by atoms with Crippen LogP contribution in [0.25, 0.3) is 22.2 Å². The number of rotatable bonds is 5. The quantitative estimate of drug-likeness (QED) is 0.375. The maximum Gasteiger partial charge on any atom is 0.307 e. The van der Waals surface area contributed by atoms with Gasteiger partial charge >= 0.3 is 5.69 Å². The molecule has 2 heterocycles. The number of ether oxygens (including phenoxy) is 1. The van der Waals surface area contributed by atoms with E-state index in [2.05, 4.69) is 20.3 Å². The molecule has 8 nitrogen and oxygen atoms in total. The smallest absolute Gasteiger partial charge is 0.307 e. The summed E-state index contributed by atoms with van der Waals surface area (Å²) in [4.78, 5) is 22.3. The summed E-state index contributed by atoms with van der Waals surface area (Å²) in [6.45, 7) is 1.96. The molecule has 0 spiro atoms. The van der Waals surface area contributed by atoms with Crippen LogP contribution < -0.4 is 10.1 Å². The van der Waals surface area contributed by atoms with Gasteiger partial charge < -0.3 is 15.0 Å². The molecule has 2 aromatic carbocycles. The number of halogens is 1. The normalized spacial score (nSPS) is 10.9. The van der Waals surface area contributed by atoms with E-state index < -0.39 is 16.4 Å². The number of methoxy groups -OCH3 is 1. The second kappa shape index (κ2) is 7.19. The van der Waals surface area contributed by atoms with Crippen molar-refractivity contribution in [3.63, 3.8) is 0 Å². The second-order valence-corrected chi connectivity index (χ2v) is 6.32. The van der Waals surface area contributed by atoms with Crippen molar-refractivity contribution in [3.8, 4) is 17.0 Å². The van der Waals surface area contributed by atoms with E-state index in [0.29, 0.717) is 5.69 Å². The van der Waals surface area contributed by atoms with Crippen molar-refractivity contribution in [2.75, 3.05) is 12.4 Å². The molecule has 0 fully saturated rings. The molecule has 0 aliphatic carbocycles. The molecule has 2 N–H and O–H groups in total. The van der Waals surface area contributed by atoms with Crippen molar-refractivity contribution in [1.29, 1.82) is 0 Å². The summed E-state index contributed by atoms with van der Waals surface area (Å²) in [6, 6.07) is 11.7. The van der Waals surface area contributed by atoms with Gasteiger partial charge in [0.05, 0.1) is 23.4 Å². The van der Waals surface area contributed by atoms with Crippen LogP contribution in [0.2, 0.25) is 0 Å². The number of benzene rings is 2. The van der Waals surface area contributed by atoms with Gasteiger partial charge in [0.2, 0.25) is 11.8 Å². The lowest BCUT2D eigenvalue weighted by molar-refractivity contribution is -0.387. The van der Waals surface area contributed by atoms with Crippen molar-refractivity contribution < 1.29 is 14.1 Å². The first kappa shape index (κ1) is 18.4. The van der Waals surface area contributed by atoms with Crippen molar-refractivity contribution >= 4 is 28.2 Å². The highest BCUT2D eigenvalue weighted by molar-refractivity contribution is 5.96. The number of fused-ring (bicyclic) bond motifs is 1. The number of nitrogens with zero attached hydrogens (tertiary/aromatic N) is 3. The number of aryl methyl sites for hydroxylation is 1. The molecular formula is C20H16FN5O3. The molecule has 0 radical (unpaired) electrons. The first-order valence-corrected chi connectivity index (χ1v) is 8.67. The van der Waals surface area contributed by atoms with Gasteiger partial charge in [0.1, 0.15) is 5.75 Å². The minimum Gasteiger partial charge on any atom is -0.494 e. The Bertz CT molecular complexity index is 1240. The van der Waals surface area contributed by atoms with Gasteiger partial charge in [0.25, 0.3) is 0 Å². The van der Waals surface area contributed by atoms with Crippen molar-refractivity contribution in [2.24, 2.45) is 0 Å². The van der Waals surface area contributed by atoms with Crippen molar-refractivity contribution in [1.82, 2.24) is 15.0 Å². The van der Waals surface area contributed by atoms with Crippen LogP contribution in [0.15, 0.2) is 48.7 Å². The Balaban J connectivity index is 1.76. The van der Waals surface area contributed by atoms with E-state index in [-0.39, 0.29) is 17.4 Å². The molecule has 9 heteroatoms. The standard InChI is InChI=1S/C20H16FN5O3/c1-11-19(12-5-3-4-6-14(12)23-11)15-7-8-22-20(24-15)25-16-10-17(26(27)28)13(21)9-18(16)29-2/h3-10,23H,1-2H3,(H,22,24,25). The Morgan fingerprint density at radius 3 is 2.79 bits per heavy atom. The number of nitro benzene ring substituents is 1. The summed E-state index contributed by atoms with van der Waals surface area (Å²) in [6.07, 6.45) is 1.58. The minimum atomic E-state index is -0.985. The highest BCUT2D eigenvalue weighted by Gasteiger charge is 2.20. The lowest BCUT2D eigenvalue weighted by Gasteiger charge is -2.11. The Labute approximate surface area is 164 Å². The number of aromatic nitrogens is 3. The monoisotopic (exact) mass is 393 g/mol. The number of anilines is 2. The van der Waals surface area contributed by atoms with Gasteiger partial charge in [0.15, 0.2) is 0 Å². The third kappa shape index (κ3) is 3.33. The molecule has 4 aromatic rings. The molecule has 0 unspecified atom stereocenters. The van der Waals surface area contributed by atoms with E-state index in [1.807, 2.05) is 31.2 Å². The Kier molecular flexibility index (Phi) is 4.55. The van der Waals surface area contributed by atoms with Gasteiger partial charge in [-0.1, -0.05) is 18.2 Å². The van der Waals surface area contributed by atoms with Gasteiger partial charge in [-0.05, 0) is 19.1 Å². The van der Waals surface area contributed by atoms with Gasteiger partial charge in [-0.25, -0.2) is 9.97 Å². The summed E-state index contributed by atoms with van der Waals surface area (Å²) in [5.74, 6) is -0.682. The highest BCUT2D eigenvalue weighted by Crippen LogP contribution is 2.34.